The molecule has 4 aromatic rings. The van der Waals surface area contributed by atoms with Gasteiger partial charge in [-0.2, -0.15) is 11.3 Å². The Balaban J connectivity index is 0.00000149. The van der Waals surface area contributed by atoms with E-state index in [-0.39, 0.29) is 5.78 Å². The molecule has 0 fully saturated rings. The first kappa shape index (κ1) is 24.1. The van der Waals surface area contributed by atoms with E-state index in [4.69, 9.17) is 4.74 Å². The zero-order valence-electron chi connectivity index (χ0n) is 18.6. The molecule has 4 rings (SSSR count). The van der Waals surface area contributed by atoms with Gasteiger partial charge >= 0.3 is 0 Å². The molecule has 3 nitrogen and oxygen atoms in total. The molecular weight excluding hydrogens is 440 g/mol. The second kappa shape index (κ2) is 11.4. The largest absolute Gasteiger partial charge is 0.497 e. The topological polar surface area (TPSA) is 38.3 Å². The Bertz CT molecular complexity index is 1200. The number of carbonyl (C=O) groups excluding carboxylic acids is 1. The number of methoxy groups -OCH3 is 1. The molecule has 0 aliphatic carbocycles. The van der Waals surface area contributed by atoms with Gasteiger partial charge in [0.1, 0.15) is 17.6 Å². The lowest BCUT2D eigenvalue weighted by Gasteiger charge is -2.21. The van der Waals surface area contributed by atoms with Gasteiger partial charge in [-0.25, -0.2) is 4.39 Å². The third-order valence-corrected chi connectivity index (χ3v) is 5.89. The number of carbonyl (C=O) groups is 1. The van der Waals surface area contributed by atoms with Crippen LogP contribution in [0, 0.1) is 12.7 Å². The fourth-order valence-electron chi connectivity index (χ4n) is 3.47. The van der Waals surface area contributed by atoms with Gasteiger partial charge in [-0.15, -0.1) is 0 Å². The fraction of sp³-hybridized carbons (Fsp3) is 0.148. The molecule has 0 bridgehead atoms. The monoisotopic (exact) mass is 465 g/mol. The maximum Gasteiger partial charge on any atom is 0.191 e. The van der Waals surface area contributed by atoms with Crippen LogP contribution in [0.15, 0.2) is 83.6 Å². The molecule has 1 unspecified atom stereocenters. The molecule has 3 aromatic carbocycles. The molecule has 1 atom stereocenters. The number of rotatable bonds is 7. The number of Topliss-reactive ketones (excluding diaryl/α,β-unsaturated/α-hetero) is 1. The van der Waals surface area contributed by atoms with Crippen molar-refractivity contribution in [3.05, 3.63) is 106 Å². The van der Waals surface area contributed by atoms with Crippen LogP contribution >= 0.6 is 11.3 Å². The van der Waals surface area contributed by atoms with Crippen LogP contribution in [0.1, 0.15) is 27.5 Å². The van der Waals surface area contributed by atoms with Crippen LogP contribution < -0.4 is 10.1 Å². The second-order valence-corrected chi connectivity index (χ2v) is 8.00. The van der Waals surface area contributed by atoms with Crippen LogP contribution in [0.2, 0.25) is 0 Å². The molecule has 0 aliphatic heterocycles. The minimum Gasteiger partial charge on any atom is -0.497 e. The van der Waals surface area contributed by atoms with Gasteiger partial charge in [-0.05, 0) is 36.1 Å². The summed E-state index contributed by atoms with van der Waals surface area (Å²) >= 11 is 1.46. The number of benzene rings is 3. The first-order valence-electron chi connectivity index (χ1n) is 10.3. The molecule has 0 radical (unpaired) electrons. The van der Waals surface area contributed by atoms with Crippen molar-refractivity contribution in [3.63, 3.8) is 0 Å². The van der Waals surface area contributed by atoms with E-state index in [1.807, 2.05) is 60.1 Å². The summed E-state index contributed by atoms with van der Waals surface area (Å²) in [6.07, 6.45) is 0. The molecule has 6 heteroatoms. The van der Waals surface area contributed by atoms with Gasteiger partial charge in [-0.1, -0.05) is 54.1 Å². The van der Waals surface area contributed by atoms with E-state index in [2.05, 4.69) is 5.32 Å². The van der Waals surface area contributed by atoms with Crippen molar-refractivity contribution >= 4 is 22.8 Å². The second-order valence-electron chi connectivity index (χ2n) is 7.26. The van der Waals surface area contributed by atoms with E-state index in [1.165, 1.54) is 17.4 Å². The normalized spacial score (nSPS) is 11.2. The smallest absolute Gasteiger partial charge is 0.191 e. The maximum absolute atomic E-state index is 14.7. The quantitative estimate of drug-likeness (QED) is 0.287. The molecule has 1 N–H and O–H groups in total. The first-order valence-corrected chi connectivity index (χ1v) is 11.2. The van der Waals surface area contributed by atoms with E-state index in [9.17, 15) is 13.6 Å². The molecule has 0 amide bonds. The number of hydrogen-bond acceptors (Lipinski definition) is 4. The Morgan fingerprint density at radius 2 is 1.70 bits per heavy atom. The average molecular weight is 466 g/mol. The Morgan fingerprint density at radius 1 is 0.970 bits per heavy atom. The highest BCUT2D eigenvalue weighted by Gasteiger charge is 2.27. The lowest BCUT2D eigenvalue weighted by atomic mass is 9.93. The van der Waals surface area contributed by atoms with Crippen LogP contribution in [0.25, 0.3) is 11.1 Å². The Labute approximate surface area is 196 Å². The Hall–Kier alpha value is -3.51. The Morgan fingerprint density at radius 3 is 2.39 bits per heavy atom. The predicted molar refractivity (Wildman–Crippen MR) is 132 cm³/mol. The molecule has 170 valence electrons. The zero-order valence-corrected chi connectivity index (χ0v) is 19.5. The van der Waals surface area contributed by atoms with Crippen molar-refractivity contribution in [1.82, 2.24) is 0 Å². The van der Waals surface area contributed by atoms with Crippen molar-refractivity contribution < 1.29 is 18.3 Å². The Kier molecular flexibility index (Phi) is 8.33. The van der Waals surface area contributed by atoms with Gasteiger partial charge < -0.3 is 10.1 Å². The van der Waals surface area contributed by atoms with E-state index in [1.54, 1.807) is 31.4 Å². The maximum atomic E-state index is 14.7. The van der Waals surface area contributed by atoms with Gasteiger partial charge in [0.05, 0.1) is 14.3 Å². The molecule has 0 saturated heterocycles. The van der Waals surface area contributed by atoms with E-state index >= 15 is 0 Å². The van der Waals surface area contributed by atoms with Gasteiger partial charge in [-0.3, -0.25) is 9.18 Å². The SMILES string of the molecule is CF.COc1cccc(NC(C(=O)c2cscc2-c2ccc(C)cc2)c2ccccc2F)c1. The third kappa shape index (κ3) is 5.65. The van der Waals surface area contributed by atoms with Crippen LogP contribution in [0.5, 0.6) is 5.75 Å². The predicted octanol–water partition coefficient (Wildman–Crippen LogP) is 7.49. The number of ether oxygens (including phenoxy) is 1. The number of hydrogen-bond donors (Lipinski definition) is 1. The number of alkyl halides is 1. The fourth-order valence-corrected chi connectivity index (χ4v) is 4.32. The van der Waals surface area contributed by atoms with Crippen LogP contribution in [-0.2, 0) is 0 Å². The first-order chi connectivity index (χ1) is 16.1. The molecular formula is C27H25F2NO2S. The number of nitrogens with one attached hydrogen (secondary N) is 1. The van der Waals surface area contributed by atoms with Crippen molar-refractivity contribution in [2.75, 3.05) is 19.6 Å². The van der Waals surface area contributed by atoms with Crippen molar-refractivity contribution in [3.8, 4) is 16.9 Å². The summed E-state index contributed by atoms with van der Waals surface area (Å²) in [6.45, 7) is 2.02. The van der Waals surface area contributed by atoms with Gasteiger partial charge in [0.15, 0.2) is 5.78 Å². The zero-order chi connectivity index (χ0) is 23.8. The summed E-state index contributed by atoms with van der Waals surface area (Å²) in [6, 6.07) is 20.8. The number of thiophene rings is 1. The lowest BCUT2D eigenvalue weighted by molar-refractivity contribution is 0.0969. The van der Waals surface area contributed by atoms with Crippen LogP contribution in [-0.4, -0.2) is 20.1 Å². The number of anilines is 1. The number of halogens is 2. The van der Waals surface area contributed by atoms with Gasteiger partial charge in [0, 0.05) is 33.8 Å². The molecule has 0 spiro atoms. The lowest BCUT2D eigenvalue weighted by Crippen LogP contribution is -2.22. The van der Waals surface area contributed by atoms with Crippen LogP contribution in [0.4, 0.5) is 14.5 Å². The average Bonchev–Trinajstić information content (AvgIpc) is 3.34. The summed E-state index contributed by atoms with van der Waals surface area (Å²) in [5.41, 5.74) is 4.50. The summed E-state index contributed by atoms with van der Waals surface area (Å²) in [4.78, 5) is 13.7. The molecule has 0 saturated carbocycles. The van der Waals surface area contributed by atoms with E-state index in [0.29, 0.717) is 29.7 Å². The highest BCUT2D eigenvalue weighted by molar-refractivity contribution is 7.08. The van der Waals surface area contributed by atoms with Gasteiger partial charge in [0.25, 0.3) is 0 Å². The van der Waals surface area contributed by atoms with E-state index < -0.39 is 11.9 Å². The van der Waals surface area contributed by atoms with Gasteiger partial charge in [0.2, 0.25) is 0 Å². The highest BCUT2D eigenvalue weighted by Crippen LogP contribution is 2.34. The summed E-state index contributed by atoms with van der Waals surface area (Å²) in [5, 5.41) is 7.01. The highest BCUT2D eigenvalue weighted by atomic mass is 32.1. The molecule has 0 aliphatic rings. The summed E-state index contributed by atoms with van der Waals surface area (Å²) in [7, 11) is 2.08. The summed E-state index contributed by atoms with van der Waals surface area (Å²) < 4.78 is 29.5. The van der Waals surface area contributed by atoms with Crippen molar-refractivity contribution in [2.45, 2.75) is 13.0 Å². The van der Waals surface area contributed by atoms with Crippen molar-refractivity contribution in [1.29, 1.82) is 0 Å². The van der Waals surface area contributed by atoms with Crippen molar-refractivity contribution in [2.24, 2.45) is 0 Å². The summed E-state index contributed by atoms with van der Waals surface area (Å²) in [5.74, 6) is 0.0358. The number of aryl methyl sites for hydroxylation is 1. The minimum absolute atomic E-state index is 0.190. The number of ketones is 1. The van der Waals surface area contributed by atoms with Crippen LogP contribution in [0.3, 0.4) is 0 Å². The standard InChI is InChI=1S/C26H22FNO2S.CH3F/c1-17-10-12-18(13-11-17)22-15-31-16-23(22)26(29)25(21-8-3-4-9-24(21)27)28-19-6-5-7-20(14-19)30-2;1-2/h3-16,25,28H,1-2H3;1H3. The molecule has 1 heterocycles. The third-order valence-electron chi connectivity index (χ3n) is 5.15. The molecule has 1 aromatic heterocycles. The molecule has 33 heavy (non-hydrogen) atoms. The van der Waals surface area contributed by atoms with E-state index in [0.717, 1.165) is 16.7 Å². The minimum atomic E-state index is -0.882.